The van der Waals surface area contributed by atoms with Crippen LogP contribution >= 0.6 is 11.8 Å². The van der Waals surface area contributed by atoms with Gasteiger partial charge >= 0.3 is 0 Å². The number of halogens is 1. The van der Waals surface area contributed by atoms with E-state index in [1.165, 1.54) is 43.8 Å². The number of H-pyrrole nitrogens is 1. The van der Waals surface area contributed by atoms with E-state index >= 15 is 0 Å². The summed E-state index contributed by atoms with van der Waals surface area (Å²) in [6.45, 7) is 3.45. The van der Waals surface area contributed by atoms with Crippen LogP contribution < -0.4 is 5.32 Å². The first kappa shape index (κ1) is 24.8. The minimum absolute atomic E-state index is 0.212. The van der Waals surface area contributed by atoms with Crippen molar-refractivity contribution in [1.82, 2.24) is 25.4 Å². The van der Waals surface area contributed by atoms with E-state index in [0.717, 1.165) is 58.7 Å². The summed E-state index contributed by atoms with van der Waals surface area (Å²) in [5.41, 5.74) is 4.04. The van der Waals surface area contributed by atoms with Gasteiger partial charge < -0.3 is 10.2 Å². The molecule has 2 aliphatic rings. The molecule has 8 heteroatoms. The normalized spacial score (nSPS) is 16.0. The third-order valence-corrected chi connectivity index (χ3v) is 8.14. The number of amides is 1. The van der Waals surface area contributed by atoms with Crippen LogP contribution in [0.4, 0.5) is 4.39 Å². The monoisotopic (exact) mass is 527 g/mol. The quantitative estimate of drug-likeness (QED) is 0.281. The zero-order valence-electron chi connectivity index (χ0n) is 21.1. The van der Waals surface area contributed by atoms with E-state index in [4.69, 9.17) is 4.98 Å². The van der Waals surface area contributed by atoms with Crippen LogP contribution in [0.5, 0.6) is 0 Å². The number of likely N-dealkylation sites (tertiary alicyclic amines) is 1. The summed E-state index contributed by atoms with van der Waals surface area (Å²) in [5.74, 6) is -0.625. The molecule has 6 nitrogen and oxygen atoms in total. The van der Waals surface area contributed by atoms with E-state index in [0.29, 0.717) is 10.5 Å². The average Bonchev–Trinajstić information content (AvgIpc) is 3.42. The number of benzene rings is 2. The minimum atomic E-state index is -0.401. The molecule has 1 saturated heterocycles. The van der Waals surface area contributed by atoms with Gasteiger partial charge in [0.25, 0.3) is 5.91 Å². The largest absolute Gasteiger partial charge is 0.349 e. The number of hydrogen-bond donors (Lipinski definition) is 2. The minimum Gasteiger partial charge on any atom is -0.349 e. The topological polar surface area (TPSA) is 73.9 Å². The fraction of sp³-hybridized carbons (Fsp3) is 0.300. The SMILES string of the molecule is O=C(NC1CC1)c1cccc(F)c1Sc1ccc2c(/C=C/c3cccc(CCN4CCCC4)n3)n[nH]c2c1. The van der Waals surface area contributed by atoms with Crippen LogP contribution in [0.1, 0.15) is 53.1 Å². The van der Waals surface area contributed by atoms with E-state index in [1.54, 1.807) is 12.1 Å². The van der Waals surface area contributed by atoms with Crippen LogP contribution in [-0.2, 0) is 6.42 Å². The molecule has 2 fully saturated rings. The molecule has 2 aromatic carbocycles. The van der Waals surface area contributed by atoms with E-state index in [1.807, 2.05) is 36.4 Å². The van der Waals surface area contributed by atoms with Crippen LogP contribution in [0.25, 0.3) is 23.1 Å². The Morgan fingerprint density at radius 2 is 1.95 bits per heavy atom. The number of nitrogens with one attached hydrogen (secondary N) is 2. The van der Waals surface area contributed by atoms with Gasteiger partial charge in [-0.1, -0.05) is 23.9 Å². The van der Waals surface area contributed by atoms with Crippen molar-refractivity contribution in [2.45, 2.75) is 47.9 Å². The third-order valence-electron chi connectivity index (χ3n) is 7.03. The van der Waals surface area contributed by atoms with Crippen LogP contribution in [0, 0.1) is 5.82 Å². The Morgan fingerprint density at radius 1 is 1.11 bits per heavy atom. The molecule has 2 N–H and O–H groups in total. The van der Waals surface area contributed by atoms with E-state index < -0.39 is 5.82 Å². The van der Waals surface area contributed by atoms with Crippen LogP contribution in [0.3, 0.4) is 0 Å². The number of carbonyl (C=O) groups is 1. The van der Waals surface area contributed by atoms with Crippen molar-refractivity contribution in [3.63, 3.8) is 0 Å². The van der Waals surface area contributed by atoms with Crippen molar-refractivity contribution >= 4 is 40.7 Å². The number of nitrogens with zero attached hydrogens (tertiary/aromatic N) is 3. The molecule has 1 aliphatic heterocycles. The predicted octanol–water partition coefficient (Wildman–Crippen LogP) is 5.95. The molecular formula is C30H30FN5OS. The lowest BCUT2D eigenvalue weighted by molar-refractivity contribution is 0.0947. The highest BCUT2D eigenvalue weighted by molar-refractivity contribution is 7.99. The van der Waals surface area contributed by atoms with Crippen molar-refractivity contribution in [3.8, 4) is 0 Å². The van der Waals surface area contributed by atoms with Crippen molar-refractivity contribution in [2.24, 2.45) is 0 Å². The summed E-state index contributed by atoms with van der Waals surface area (Å²) >= 11 is 1.25. The van der Waals surface area contributed by atoms with Crippen molar-refractivity contribution in [3.05, 3.63) is 83.1 Å². The Balaban J connectivity index is 1.16. The lowest BCUT2D eigenvalue weighted by atomic mass is 10.2. The molecule has 1 aliphatic carbocycles. The number of pyridine rings is 1. The van der Waals surface area contributed by atoms with Gasteiger partial charge in [0.2, 0.25) is 0 Å². The van der Waals surface area contributed by atoms with Gasteiger partial charge in [0, 0.05) is 35.0 Å². The standard InChI is InChI=1S/C30H30FN5OS/c31-26-8-4-7-25(30(37)33-22-9-10-22)29(26)38-23-12-13-24-27(34-35-28(24)19-23)14-11-20-5-3-6-21(32-20)15-18-36-16-1-2-17-36/h3-8,11-14,19,22H,1-2,9-10,15-18H2,(H,33,37)(H,34,35)/b14-11+. The second-order valence-electron chi connectivity index (χ2n) is 9.97. The number of rotatable bonds is 9. The Bertz CT molecular complexity index is 1490. The molecule has 0 radical (unpaired) electrons. The molecule has 2 aromatic heterocycles. The van der Waals surface area contributed by atoms with E-state index in [2.05, 4.69) is 32.5 Å². The fourth-order valence-corrected chi connectivity index (χ4v) is 5.77. The zero-order chi connectivity index (χ0) is 25.9. The van der Waals surface area contributed by atoms with E-state index in [9.17, 15) is 9.18 Å². The maximum atomic E-state index is 14.7. The summed E-state index contributed by atoms with van der Waals surface area (Å²) in [6, 6.07) is 16.9. The summed E-state index contributed by atoms with van der Waals surface area (Å²) in [7, 11) is 0. The van der Waals surface area contributed by atoms with Gasteiger partial charge in [0.05, 0.1) is 27.4 Å². The molecule has 1 amide bonds. The number of fused-ring (bicyclic) bond motifs is 1. The van der Waals surface area contributed by atoms with Crippen molar-refractivity contribution in [2.75, 3.05) is 19.6 Å². The number of aromatic nitrogens is 3. The van der Waals surface area contributed by atoms with Crippen LogP contribution in [0.2, 0.25) is 0 Å². The van der Waals surface area contributed by atoms with Gasteiger partial charge in [0.15, 0.2) is 0 Å². The first-order valence-electron chi connectivity index (χ1n) is 13.2. The highest BCUT2D eigenvalue weighted by Crippen LogP contribution is 2.35. The summed E-state index contributed by atoms with van der Waals surface area (Å²) in [5, 5.41) is 11.5. The maximum absolute atomic E-state index is 14.7. The Morgan fingerprint density at radius 3 is 2.79 bits per heavy atom. The van der Waals surface area contributed by atoms with Gasteiger partial charge in [-0.15, -0.1) is 0 Å². The van der Waals surface area contributed by atoms with Crippen molar-refractivity contribution in [1.29, 1.82) is 0 Å². The maximum Gasteiger partial charge on any atom is 0.252 e. The number of carbonyl (C=O) groups excluding carboxylic acids is 1. The second kappa shape index (κ2) is 11.1. The van der Waals surface area contributed by atoms with E-state index in [-0.39, 0.29) is 11.9 Å². The highest BCUT2D eigenvalue weighted by Gasteiger charge is 2.26. The molecule has 0 unspecified atom stereocenters. The van der Waals surface area contributed by atoms with Crippen LogP contribution in [0.15, 0.2) is 64.4 Å². The molecule has 194 valence electrons. The van der Waals surface area contributed by atoms with Crippen LogP contribution in [-0.4, -0.2) is 51.7 Å². The average molecular weight is 528 g/mol. The summed E-state index contributed by atoms with van der Waals surface area (Å²) in [6.07, 6.45) is 9.48. The molecule has 38 heavy (non-hydrogen) atoms. The molecule has 1 saturated carbocycles. The van der Waals surface area contributed by atoms with Gasteiger partial charge in [-0.05, 0) is 93.4 Å². The smallest absolute Gasteiger partial charge is 0.252 e. The lowest BCUT2D eigenvalue weighted by Crippen LogP contribution is -2.26. The number of aromatic amines is 1. The van der Waals surface area contributed by atoms with Gasteiger partial charge in [0.1, 0.15) is 5.82 Å². The van der Waals surface area contributed by atoms with Gasteiger partial charge in [-0.3, -0.25) is 14.9 Å². The van der Waals surface area contributed by atoms with Gasteiger partial charge in [-0.25, -0.2) is 4.39 Å². The van der Waals surface area contributed by atoms with Crippen molar-refractivity contribution < 1.29 is 9.18 Å². The molecule has 6 rings (SSSR count). The molecule has 0 atom stereocenters. The molecule has 3 heterocycles. The highest BCUT2D eigenvalue weighted by atomic mass is 32.2. The Kier molecular flexibility index (Phi) is 7.25. The predicted molar refractivity (Wildman–Crippen MR) is 150 cm³/mol. The first-order chi connectivity index (χ1) is 18.6. The first-order valence-corrected chi connectivity index (χ1v) is 14.1. The molecule has 0 bridgehead atoms. The second-order valence-corrected chi connectivity index (χ2v) is 11.1. The molecule has 4 aromatic rings. The lowest BCUT2D eigenvalue weighted by Gasteiger charge is -2.13. The summed E-state index contributed by atoms with van der Waals surface area (Å²) < 4.78 is 14.7. The zero-order valence-corrected chi connectivity index (χ0v) is 21.9. The molecule has 0 spiro atoms. The third kappa shape index (κ3) is 5.81. The Labute approximate surface area is 225 Å². The molecular weight excluding hydrogens is 497 g/mol. The van der Waals surface area contributed by atoms with Gasteiger partial charge in [-0.2, -0.15) is 5.10 Å². The Hall–Kier alpha value is -3.49. The fourth-order valence-electron chi connectivity index (χ4n) is 4.78. The summed E-state index contributed by atoms with van der Waals surface area (Å²) in [4.78, 5) is 21.1. The number of hydrogen-bond acceptors (Lipinski definition) is 5.